The van der Waals surface area contributed by atoms with Crippen LogP contribution in [0.2, 0.25) is 5.02 Å². The van der Waals surface area contributed by atoms with Crippen molar-refractivity contribution in [2.45, 2.75) is 89.9 Å². The quantitative estimate of drug-likeness (QED) is 0.541. The number of nitrogens with zero attached hydrogens (tertiary/aromatic N) is 1. The van der Waals surface area contributed by atoms with Crippen molar-refractivity contribution in [3.8, 4) is 5.75 Å². The summed E-state index contributed by atoms with van der Waals surface area (Å²) in [4.78, 5) is 14.9. The van der Waals surface area contributed by atoms with E-state index in [0.29, 0.717) is 18.1 Å². The highest BCUT2D eigenvalue weighted by Gasteiger charge is 2.41. The van der Waals surface area contributed by atoms with Crippen molar-refractivity contribution in [3.63, 3.8) is 0 Å². The van der Waals surface area contributed by atoms with Crippen LogP contribution in [0.1, 0.15) is 84.4 Å². The predicted molar refractivity (Wildman–Crippen MR) is 140 cm³/mol. The summed E-state index contributed by atoms with van der Waals surface area (Å²) >= 11 is 6.69. The molecule has 7 nitrogen and oxygen atoms in total. The van der Waals surface area contributed by atoms with Crippen LogP contribution in [0, 0.1) is 5.92 Å². The number of rotatable bonds is 7. The van der Waals surface area contributed by atoms with Gasteiger partial charge in [0.15, 0.2) is 11.9 Å². The minimum atomic E-state index is -1.29. The van der Waals surface area contributed by atoms with Crippen LogP contribution in [0.15, 0.2) is 12.1 Å². The topological polar surface area (TPSA) is 77.1 Å². The lowest BCUT2D eigenvalue weighted by molar-refractivity contribution is -0.161. The summed E-state index contributed by atoms with van der Waals surface area (Å²) in [6.45, 7) is 15.2. The molecule has 1 N–H and O–H groups in total. The molecule has 1 amide bonds. The van der Waals surface area contributed by atoms with Crippen molar-refractivity contribution in [2.75, 3.05) is 26.8 Å². The minimum Gasteiger partial charge on any atom is -0.496 e. The summed E-state index contributed by atoms with van der Waals surface area (Å²) in [5.41, 5.74) is 1.92. The van der Waals surface area contributed by atoms with E-state index in [2.05, 4.69) is 18.6 Å². The van der Waals surface area contributed by atoms with E-state index < -0.39 is 27.6 Å². The second-order valence-electron chi connectivity index (χ2n) is 11.2. The van der Waals surface area contributed by atoms with Gasteiger partial charge in [-0.1, -0.05) is 25.4 Å². The third kappa shape index (κ3) is 6.77. The van der Waals surface area contributed by atoms with Gasteiger partial charge in [-0.3, -0.25) is 4.79 Å². The number of piperidine rings is 1. The van der Waals surface area contributed by atoms with Gasteiger partial charge in [-0.15, -0.1) is 0 Å². The number of hydrogen-bond donors (Lipinski definition) is 1. The smallest absolute Gasteiger partial charge is 0.254 e. The average Bonchev–Trinajstić information content (AvgIpc) is 3.15. The van der Waals surface area contributed by atoms with E-state index in [1.807, 2.05) is 51.7 Å². The highest BCUT2D eigenvalue weighted by Crippen LogP contribution is 2.40. The Morgan fingerprint density at radius 3 is 2.34 bits per heavy atom. The maximum atomic E-state index is 13.2. The fourth-order valence-corrected chi connectivity index (χ4v) is 5.91. The Hall–Kier alpha value is -1.19. The Bertz CT molecular complexity index is 938. The number of likely N-dealkylation sites (tertiary alicyclic amines) is 1. The van der Waals surface area contributed by atoms with Gasteiger partial charge in [-0.25, -0.2) is 8.93 Å². The van der Waals surface area contributed by atoms with Gasteiger partial charge >= 0.3 is 0 Å². The minimum absolute atomic E-state index is 0.0290. The first-order chi connectivity index (χ1) is 16.2. The molecule has 2 saturated heterocycles. The van der Waals surface area contributed by atoms with Crippen LogP contribution in [-0.2, 0) is 25.3 Å². The Labute approximate surface area is 217 Å². The fraction of sp³-hybridized carbons (Fsp3) is 0.731. The normalized spacial score (nSPS) is 22.9. The van der Waals surface area contributed by atoms with E-state index in [1.54, 1.807) is 7.11 Å². The maximum Gasteiger partial charge on any atom is 0.254 e. The van der Waals surface area contributed by atoms with Gasteiger partial charge in [0, 0.05) is 23.7 Å². The van der Waals surface area contributed by atoms with Crippen molar-refractivity contribution in [2.24, 2.45) is 5.92 Å². The molecule has 35 heavy (non-hydrogen) atoms. The largest absolute Gasteiger partial charge is 0.496 e. The van der Waals surface area contributed by atoms with Crippen molar-refractivity contribution >= 4 is 28.5 Å². The number of amides is 1. The van der Waals surface area contributed by atoms with Crippen molar-refractivity contribution in [1.82, 2.24) is 9.62 Å². The lowest BCUT2D eigenvalue weighted by Gasteiger charge is -2.38. The number of carbonyl (C=O) groups is 1. The van der Waals surface area contributed by atoms with Crippen molar-refractivity contribution in [3.05, 3.63) is 28.3 Å². The van der Waals surface area contributed by atoms with Crippen LogP contribution in [0.3, 0.4) is 0 Å². The van der Waals surface area contributed by atoms with Gasteiger partial charge in [0.05, 0.1) is 35.5 Å². The zero-order valence-corrected chi connectivity index (χ0v) is 23.8. The third-order valence-electron chi connectivity index (χ3n) is 6.70. The van der Waals surface area contributed by atoms with E-state index in [-0.39, 0.29) is 30.4 Å². The fourth-order valence-electron chi connectivity index (χ4n) is 4.62. The first kappa shape index (κ1) is 28.4. The second-order valence-corrected chi connectivity index (χ2v) is 13.6. The summed E-state index contributed by atoms with van der Waals surface area (Å²) in [5, 5.41) is 0.678. The van der Waals surface area contributed by atoms with E-state index >= 15 is 0 Å². The van der Waals surface area contributed by atoms with Crippen LogP contribution in [0.25, 0.3) is 0 Å². The third-order valence-corrected chi connectivity index (χ3v) is 8.61. The molecule has 9 heteroatoms. The van der Waals surface area contributed by atoms with Crippen LogP contribution in [0.5, 0.6) is 5.75 Å². The summed E-state index contributed by atoms with van der Waals surface area (Å²) in [6, 6.07) is 3.72. The van der Waals surface area contributed by atoms with E-state index in [1.165, 1.54) is 0 Å². The number of halogens is 1. The molecule has 0 aliphatic carbocycles. The number of nitrogens with one attached hydrogen (secondary N) is 1. The number of carbonyl (C=O) groups excluding carboxylic acids is 1. The van der Waals surface area contributed by atoms with Gasteiger partial charge in [0.25, 0.3) is 5.91 Å². The first-order valence-corrected chi connectivity index (χ1v) is 13.9. The van der Waals surface area contributed by atoms with E-state index in [4.69, 9.17) is 25.8 Å². The Morgan fingerprint density at radius 1 is 1.23 bits per heavy atom. The molecule has 2 aliphatic rings. The van der Waals surface area contributed by atoms with Crippen molar-refractivity contribution < 1.29 is 23.2 Å². The first-order valence-electron chi connectivity index (χ1n) is 12.4. The average molecular weight is 529 g/mol. The molecule has 1 aromatic rings. The second kappa shape index (κ2) is 11.1. The summed E-state index contributed by atoms with van der Waals surface area (Å²) in [6.07, 6.45) is 0.953. The Kier molecular flexibility index (Phi) is 8.96. The molecule has 0 radical (unpaired) electrons. The molecule has 1 unspecified atom stereocenters. The number of benzene rings is 1. The van der Waals surface area contributed by atoms with Gasteiger partial charge in [0.2, 0.25) is 0 Å². The molecule has 2 aliphatic heterocycles. The number of hydrogen-bond acceptors (Lipinski definition) is 5. The van der Waals surface area contributed by atoms with Gasteiger partial charge in [0.1, 0.15) is 5.75 Å². The number of ether oxygens (including phenoxy) is 3. The molecule has 3 rings (SSSR count). The molecular weight excluding hydrogens is 488 g/mol. The predicted octanol–water partition coefficient (Wildman–Crippen LogP) is 4.96. The summed E-state index contributed by atoms with van der Waals surface area (Å²) in [5.74, 6) is 0.374. The standard InChI is InChI=1S/C26H41ClN2O5S/c1-16(2)18-14-21(32-8)19(13-20(18)27)23(28-35(31)25(3,4)5)17-9-11-29(12-10-17)24(30)22-15-33-26(6,7)34-22/h13-14,16-17,22-23,28H,9-12,15H2,1-8H3/t22?,23-,35+/m1/s1. The molecule has 0 saturated carbocycles. The van der Waals surface area contributed by atoms with Gasteiger partial charge < -0.3 is 19.1 Å². The maximum absolute atomic E-state index is 13.2. The van der Waals surface area contributed by atoms with Gasteiger partial charge in [-0.05, 0) is 77.0 Å². The van der Waals surface area contributed by atoms with E-state index in [0.717, 1.165) is 29.7 Å². The van der Waals surface area contributed by atoms with Crippen molar-refractivity contribution in [1.29, 1.82) is 0 Å². The lowest BCUT2D eigenvalue weighted by atomic mass is 9.84. The highest BCUT2D eigenvalue weighted by atomic mass is 35.5. The zero-order chi connectivity index (χ0) is 26.1. The molecule has 3 atom stereocenters. The monoisotopic (exact) mass is 528 g/mol. The highest BCUT2D eigenvalue weighted by molar-refractivity contribution is 7.84. The molecule has 198 valence electrons. The molecule has 2 fully saturated rings. The molecule has 0 spiro atoms. The van der Waals surface area contributed by atoms with Crippen LogP contribution in [-0.4, -0.2) is 58.5 Å². The molecular formula is C26H41ClN2O5S. The molecule has 0 bridgehead atoms. The van der Waals surface area contributed by atoms with Crippen LogP contribution < -0.4 is 9.46 Å². The SMILES string of the molecule is COc1cc(C(C)C)c(Cl)cc1[C@H](N[S@@](=O)C(C)(C)C)C1CCN(C(=O)C2COC(C)(C)O2)CC1. The van der Waals surface area contributed by atoms with E-state index in [9.17, 15) is 9.00 Å². The lowest BCUT2D eigenvalue weighted by Crippen LogP contribution is -2.47. The number of methoxy groups -OCH3 is 1. The molecule has 1 aromatic carbocycles. The van der Waals surface area contributed by atoms with Crippen LogP contribution >= 0.6 is 11.6 Å². The summed E-state index contributed by atoms with van der Waals surface area (Å²) in [7, 11) is 0.359. The summed E-state index contributed by atoms with van der Waals surface area (Å²) < 4.78 is 33.3. The van der Waals surface area contributed by atoms with Crippen LogP contribution in [0.4, 0.5) is 0 Å². The van der Waals surface area contributed by atoms with Gasteiger partial charge in [-0.2, -0.15) is 0 Å². The zero-order valence-electron chi connectivity index (χ0n) is 22.3. The Balaban J connectivity index is 1.83. The molecule has 0 aromatic heterocycles. The Morgan fingerprint density at radius 2 is 1.86 bits per heavy atom. The molecule has 2 heterocycles.